The molecule has 1 heterocycles. The number of hydrogen-bond donors (Lipinski definition) is 3. The van der Waals surface area contributed by atoms with Crippen LogP contribution in [0.3, 0.4) is 0 Å². The highest BCUT2D eigenvalue weighted by Crippen LogP contribution is 2.20. The van der Waals surface area contributed by atoms with E-state index >= 15 is 0 Å². The summed E-state index contributed by atoms with van der Waals surface area (Å²) in [6.45, 7) is 3.71. The molecule has 1 aromatic heterocycles. The highest BCUT2D eigenvalue weighted by atomic mass is 16.2. The largest absolute Gasteiger partial charge is 0.355 e. The van der Waals surface area contributed by atoms with Crippen LogP contribution in [0.5, 0.6) is 0 Å². The number of nitrogens with one attached hydrogen (secondary N) is 3. The highest BCUT2D eigenvalue weighted by molar-refractivity contribution is 6.06. The van der Waals surface area contributed by atoms with Crippen molar-refractivity contribution in [3.05, 3.63) is 87.2 Å². The van der Waals surface area contributed by atoms with Gasteiger partial charge in [0, 0.05) is 24.0 Å². The van der Waals surface area contributed by atoms with Crippen LogP contribution in [0.25, 0.3) is 11.3 Å². The highest BCUT2D eigenvalue weighted by Gasteiger charge is 2.15. The molecule has 6 nitrogen and oxygen atoms in total. The number of hydrogen-bond acceptors (Lipinski definition) is 3. The molecule has 0 aliphatic rings. The summed E-state index contributed by atoms with van der Waals surface area (Å²) >= 11 is 0. The van der Waals surface area contributed by atoms with Crippen LogP contribution >= 0.6 is 0 Å². The van der Waals surface area contributed by atoms with Gasteiger partial charge in [0.15, 0.2) is 0 Å². The number of carbonyl (C=O) groups excluding carboxylic acids is 2. The maximum Gasteiger partial charge on any atom is 0.261 e. The van der Waals surface area contributed by atoms with E-state index in [1.165, 1.54) is 6.07 Å². The molecule has 142 valence electrons. The Balaban J connectivity index is 1.88. The Bertz CT molecular complexity index is 1120. The van der Waals surface area contributed by atoms with Gasteiger partial charge in [0.25, 0.3) is 17.4 Å². The molecule has 0 unspecified atom stereocenters. The van der Waals surface area contributed by atoms with Gasteiger partial charge >= 0.3 is 0 Å². The summed E-state index contributed by atoms with van der Waals surface area (Å²) < 4.78 is 0. The number of aromatic amines is 1. The number of carbonyl (C=O) groups is 2. The van der Waals surface area contributed by atoms with Crippen LogP contribution in [0.4, 0.5) is 5.69 Å². The Labute approximate surface area is 162 Å². The van der Waals surface area contributed by atoms with Crippen molar-refractivity contribution in [2.24, 2.45) is 0 Å². The van der Waals surface area contributed by atoms with E-state index in [0.29, 0.717) is 22.5 Å². The van der Waals surface area contributed by atoms with Gasteiger partial charge in [-0.15, -0.1) is 0 Å². The third kappa shape index (κ3) is 3.86. The van der Waals surface area contributed by atoms with Crippen molar-refractivity contribution in [3.63, 3.8) is 0 Å². The molecule has 3 aromatic rings. The summed E-state index contributed by atoms with van der Waals surface area (Å²) in [5.41, 5.74) is 3.69. The zero-order chi connectivity index (χ0) is 20.3. The second kappa shape index (κ2) is 7.92. The topological polar surface area (TPSA) is 91.1 Å². The van der Waals surface area contributed by atoms with Gasteiger partial charge < -0.3 is 15.6 Å². The van der Waals surface area contributed by atoms with Crippen LogP contribution in [0.2, 0.25) is 0 Å². The minimum Gasteiger partial charge on any atom is -0.355 e. The number of aryl methyl sites for hydroxylation is 1. The molecule has 0 atom stereocenters. The van der Waals surface area contributed by atoms with Crippen LogP contribution in [-0.2, 0) is 0 Å². The van der Waals surface area contributed by atoms with Crippen LogP contribution in [-0.4, -0.2) is 23.8 Å². The van der Waals surface area contributed by atoms with Crippen molar-refractivity contribution in [2.45, 2.75) is 13.8 Å². The molecule has 2 aromatic carbocycles. The minimum atomic E-state index is -0.533. The molecule has 0 saturated carbocycles. The summed E-state index contributed by atoms with van der Waals surface area (Å²) in [4.78, 5) is 39.7. The Hall–Kier alpha value is -3.67. The van der Waals surface area contributed by atoms with Gasteiger partial charge in [0.1, 0.15) is 5.56 Å². The molecular weight excluding hydrogens is 354 g/mol. The molecule has 0 spiro atoms. The van der Waals surface area contributed by atoms with Gasteiger partial charge in [0.05, 0.1) is 0 Å². The summed E-state index contributed by atoms with van der Waals surface area (Å²) in [5, 5.41) is 5.28. The molecule has 0 fully saturated rings. The van der Waals surface area contributed by atoms with Crippen molar-refractivity contribution >= 4 is 17.5 Å². The SMILES string of the molecule is CNC(=O)c1cccc(NC(=O)c2ccc(-c3cccc(C)c3)[nH]c2=O)c1C. The minimum absolute atomic E-state index is 0.00106. The average Bonchev–Trinajstić information content (AvgIpc) is 2.68. The monoisotopic (exact) mass is 375 g/mol. The second-order valence-electron chi connectivity index (χ2n) is 6.50. The van der Waals surface area contributed by atoms with E-state index in [0.717, 1.165) is 11.1 Å². The van der Waals surface area contributed by atoms with E-state index in [-0.39, 0.29) is 11.5 Å². The standard InChI is InChI=1S/C22H21N3O3/c1-13-6-4-7-15(12-13)19-11-10-17(22(28)25-19)21(27)24-18-9-5-8-16(14(18)2)20(26)23-3/h4-12H,1-3H3,(H,23,26)(H,24,27)(H,25,28). The molecule has 0 bridgehead atoms. The number of rotatable bonds is 4. The molecule has 0 aliphatic heterocycles. The van der Waals surface area contributed by atoms with Crippen molar-refractivity contribution in [3.8, 4) is 11.3 Å². The van der Waals surface area contributed by atoms with Crippen molar-refractivity contribution in [2.75, 3.05) is 12.4 Å². The molecule has 0 radical (unpaired) electrons. The van der Waals surface area contributed by atoms with Crippen molar-refractivity contribution < 1.29 is 9.59 Å². The van der Waals surface area contributed by atoms with E-state index in [4.69, 9.17) is 0 Å². The molecule has 2 amide bonds. The third-order valence-corrected chi connectivity index (χ3v) is 4.54. The van der Waals surface area contributed by atoms with Gasteiger partial charge in [-0.25, -0.2) is 0 Å². The first-order valence-corrected chi connectivity index (χ1v) is 8.84. The molecule has 0 saturated heterocycles. The number of amides is 2. The number of pyridine rings is 1. The zero-order valence-corrected chi connectivity index (χ0v) is 15.9. The molecule has 3 rings (SSSR count). The second-order valence-corrected chi connectivity index (χ2v) is 6.50. The Morgan fingerprint density at radius 3 is 2.32 bits per heavy atom. The maximum atomic E-state index is 12.6. The summed E-state index contributed by atoms with van der Waals surface area (Å²) in [6, 6.07) is 16.0. The van der Waals surface area contributed by atoms with Gasteiger partial charge in [-0.05, 0) is 55.3 Å². The number of aromatic nitrogens is 1. The van der Waals surface area contributed by atoms with Crippen molar-refractivity contribution in [1.82, 2.24) is 10.3 Å². The molecule has 28 heavy (non-hydrogen) atoms. The van der Waals surface area contributed by atoms with Gasteiger partial charge in [-0.1, -0.05) is 29.8 Å². The lowest BCUT2D eigenvalue weighted by atomic mass is 10.1. The molecule has 0 aliphatic carbocycles. The van der Waals surface area contributed by atoms with Gasteiger partial charge in [0.2, 0.25) is 0 Å². The smallest absolute Gasteiger partial charge is 0.261 e. The van der Waals surface area contributed by atoms with E-state index in [1.54, 1.807) is 38.2 Å². The lowest BCUT2D eigenvalue weighted by Crippen LogP contribution is -2.24. The fourth-order valence-electron chi connectivity index (χ4n) is 2.97. The predicted molar refractivity (Wildman–Crippen MR) is 110 cm³/mol. The lowest BCUT2D eigenvalue weighted by molar-refractivity contribution is 0.0960. The fraction of sp³-hybridized carbons (Fsp3) is 0.136. The van der Waals surface area contributed by atoms with E-state index < -0.39 is 11.5 Å². The first-order chi connectivity index (χ1) is 13.4. The van der Waals surface area contributed by atoms with Gasteiger partial charge in [-0.3, -0.25) is 14.4 Å². The van der Waals surface area contributed by atoms with E-state index in [9.17, 15) is 14.4 Å². The van der Waals surface area contributed by atoms with Crippen LogP contribution in [0, 0.1) is 13.8 Å². The Kier molecular flexibility index (Phi) is 5.40. The van der Waals surface area contributed by atoms with Crippen LogP contribution in [0.15, 0.2) is 59.4 Å². The van der Waals surface area contributed by atoms with E-state index in [2.05, 4.69) is 15.6 Å². The molecule has 3 N–H and O–H groups in total. The number of benzene rings is 2. The molecule has 6 heteroatoms. The quantitative estimate of drug-likeness (QED) is 0.654. The lowest BCUT2D eigenvalue weighted by Gasteiger charge is -2.12. The maximum absolute atomic E-state index is 12.6. The fourth-order valence-corrected chi connectivity index (χ4v) is 2.97. The average molecular weight is 375 g/mol. The first kappa shape index (κ1) is 19.1. The van der Waals surface area contributed by atoms with Gasteiger partial charge in [-0.2, -0.15) is 0 Å². The number of anilines is 1. The van der Waals surface area contributed by atoms with E-state index in [1.807, 2.05) is 31.2 Å². The summed E-state index contributed by atoms with van der Waals surface area (Å²) in [6.07, 6.45) is 0. The first-order valence-electron chi connectivity index (χ1n) is 8.84. The Morgan fingerprint density at radius 1 is 0.893 bits per heavy atom. The summed E-state index contributed by atoms with van der Waals surface area (Å²) in [7, 11) is 1.54. The van der Waals surface area contributed by atoms with Crippen molar-refractivity contribution in [1.29, 1.82) is 0 Å². The van der Waals surface area contributed by atoms with Crippen LogP contribution in [0.1, 0.15) is 31.8 Å². The third-order valence-electron chi connectivity index (χ3n) is 4.54. The molecular formula is C22H21N3O3. The predicted octanol–water partition coefficient (Wildman–Crippen LogP) is 3.27. The summed E-state index contributed by atoms with van der Waals surface area (Å²) in [5.74, 6) is -0.775. The number of H-pyrrole nitrogens is 1. The Morgan fingerprint density at radius 2 is 1.64 bits per heavy atom. The van der Waals surface area contributed by atoms with Crippen LogP contribution < -0.4 is 16.2 Å². The normalized spacial score (nSPS) is 10.4. The zero-order valence-electron chi connectivity index (χ0n) is 15.9.